The molecule has 0 aliphatic heterocycles. The first kappa shape index (κ1) is 11.3. The molecule has 0 saturated heterocycles. The fourth-order valence-corrected chi connectivity index (χ4v) is 1.17. The van der Waals surface area contributed by atoms with Crippen LogP contribution in [0.5, 0.6) is 0 Å². The van der Waals surface area contributed by atoms with Gasteiger partial charge in [-0.1, -0.05) is 13.3 Å². The zero-order valence-electron chi connectivity index (χ0n) is 8.61. The summed E-state index contributed by atoms with van der Waals surface area (Å²) in [6.07, 6.45) is 3.84. The molecule has 0 aromatic carbocycles. The third-order valence-electron chi connectivity index (χ3n) is 2.05. The van der Waals surface area contributed by atoms with Gasteiger partial charge in [0.25, 0.3) is 0 Å². The first-order chi connectivity index (χ1) is 6.84. The van der Waals surface area contributed by atoms with Gasteiger partial charge in [-0.25, -0.2) is 0 Å². The van der Waals surface area contributed by atoms with E-state index in [9.17, 15) is 5.11 Å². The van der Waals surface area contributed by atoms with Crippen molar-refractivity contribution in [1.29, 1.82) is 0 Å². The second kappa shape index (κ2) is 6.62. The van der Waals surface area contributed by atoms with Gasteiger partial charge in [-0.2, -0.15) is 0 Å². The molecule has 14 heavy (non-hydrogen) atoms. The fraction of sp³-hybridized carbons (Fsp3) is 0.636. The van der Waals surface area contributed by atoms with Gasteiger partial charge in [-0.05, 0) is 18.6 Å². The molecule has 1 rings (SSSR count). The molecule has 0 bridgehead atoms. The molecule has 0 amide bonds. The molecule has 80 valence electrons. The third-order valence-corrected chi connectivity index (χ3v) is 2.05. The highest BCUT2D eigenvalue weighted by molar-refractivity contribution is 5.01. The Labute approximate surface area is 84.7 Å². The molecule has 0 aliphatic rings. The van der Waals surface area contributed by atoms with Crippen LogP contribution >= 0.6 is 0 Å². The minimum absolute atomic E-state index is 0.536. The molecule has 1 atom stereocenters. The van der Waals surface area contributed by atoms with E-state index in [1.165, 1.54) is 0 Å². The first-order valence-corrected chi connectivity index (χ1v) is 5.13. The maximum absolute atomic E-state index is 9.59. The van der Waals surface area contributed by atoms with Crippen LogP contribution in [0.25, 0.3) is 0 Å². The predicted molar refractivity (Wildman–Crippen MR) is 54.0 cm³/mol. The normalized spacial score (nSPS) is 13.0. The number of aliphatic hydroxyl groups is 1. The van der Waals surface area contributed by atoms with Gasteiger partial charge in [-0.3, -0.25) is 0 Å². The summed E-state index contributed by atoms with van der Waals surface area (Å²) in [6, 6.07) is 3.55. The van der Waals surface area contributed by atoms with E-state index in [0.29, 0.717) is 18.8 Å². The number of ether oxygens (including phenoxy) is 1. The lowest BCUT2D eigenvalue weighted by Gasteiger charge is -2.07. The average molecular weight is 198 g/mol. The summed E-state index contributed by atoms with van der Waals surface area (Å²) in [5.74, 6) is 0.615. The minimum Gasteiger partial charge on any atom is -0.467 e. The molecule has 0 saturated carbocycles. The molecule has 0 spiro atoms. The molecule has 3 heteroatoms. The van der Waals surface area contributed by atoms with E-state index >= 15 is 0 Å². The van der Waals surface area contributed by atoms with Gasteiger partial charge in [0, 0.05) is 19.6 Å². The largest absolute Gasteiger partial charge is 0.467 e. The highest BCUT2D eigenvalue weighted by Crippen LogP contribution is 2.16. The van der Waals surface area contributed by atoms with E-state index in [2.05, 4.69) is 6.92 Å². The molecule has 1 unspecified atom stereocenters. The van der Waals surface area contributed by atoms with Crippen LogP contribution in [-0.2, 0) is 4.74 Å². The molecule has 0 aliphatic carbocycles. The van der Waals surface area contributed by atoms with Crippen molar-refractivity contribution in [1.82, 2.24) is 0 Å². The van der Waals surface area contributed by atoms with Crippen molar-refractivity contribution in [2.75, 3.05) is 13.2 Å². The van der Waals surface area contributed by atoms with E-state index in [4.69, 9.17) is 9.15 Å². The van der Waals surface area contributed by atoms with E-state index in [1.54, 1.807) is 18.4 Å². The molecule has 3 nitrogen and oxygen atoms in total. The monoisotopic (exact) mass is 198 g/mol. The Bertz CT molecular complexity index is 218. The maximum atomic E-state index is 9.59. The van der Waals surface area contributed by atoms with Gasteiger partial charge in [-0.15, -0.1) is 0 Å². The molecule has 0 radical (unpaired) electrons. The highest BCUT2D eigenvalue weighted by atomic mass is 16.5. The number of hydrogen-bond acceptors (Lipinski definition) is 3. The van der Waals surface area contributed by atoms with E-state index in [0.717, 1.165) is 19.4 Å². The quantitative estimate of drug-likeness (QED) is 0.684. The van der Waals surface area contributed by atoms with Crippen LogP contribution in [0.3, 0.4) is 0 Å². The maximum Gasteiger partial charge on any atom is 0.132 e. The Hall–Kier alpha value is -0.800. The highest BCUT2D eigenvalue weighted by Gasteiger charge is 2.09. The molecular weight excluding hydrogens is 180 g/mol. The van der Waals surface area contributed by atoms with E-state index < -0.39 is 6.10 Å². The van der Waals surface area contributed by atoms with Gasteiger partial charge in [0.2, 0.25) is 0 Å². The Morgan fingerprint density at radius 3 is 3.00 bits per heavy atom. The standard InChI is InChI=1S/C11H18O3/c1-2-3-7-13-9-6-10(12)11-5-4-8-14-11/h4-5,8,10,12H,2-3,6-7,9H2,1H3. The first-order valence-electron chi connectivity index (χ1n) is 5.13. The van der Waals surface area contributed by atoms with E-state index in [1.807, 2.05) is 0 Å². The Kier molecular flexibility index (Phi) is 5.33. The van der Waals surface area contributed by atoms with Crippen LogP contribution in [0.15, 0.2) is 22.8 Å². The number of unbranched alkanes of at least 4 members (excludes halogenated alkanes) is 1. The minimum atomic E-state index is -0.536. The number of furan rings is 1. The SMILES string of the molecule is CCCCOCCC(O)c1ccco1. The lowest BCUT2D eigenvalue weighted by Crippen LogP contribution is -2.03. The summed E-state index contributed by atoms with van der Waals surface area (Å²) in [7, 11) is 0. The summed E-state index contributed by atoms with van der Waals surface area (Å²) >= 11 is 0. The van der Waals surface area contributed by atoms with Crippen LogP contribution in [0.4, 0.5) is 0 Å². The summed E-state index contributed by atoms with van der Waals surface area (Å²) in [4.78, 5) is 0. The summed E-state index contributed by atoms with van der Waals surface area (Å²) in [5.41, 5.74) is 0. The van der Waals surface area contributed by atoms with Gasteiger partial charge in [0.05, 0.1) is 6.26 Å². The smallest absolute Gasteiger partial charge is 0.132 e. The summed E-state index contributed by atoms with van der Waals surface area (Å²) in [6.45, 7) is 3.49. The van der Waals surface area contributed by atoms with E-state index in [-0.39, 0.29) is 0 Å². The molecule has 0 fully saturated rings. The van der Waals surface area contributed by atoms with Crippen LogP contribution in [-0.4, -0.2) is 18.3 Å². The third kappa shape index (κ3) is 3.94. The van der Waals surface area contributed by atoms with Crippen molar-refractivity contribution in [3.05, 3.63) is 24.2 Å². The lowest BCUT2D eigenvalue weighted by molar-refractivity contribution is 0.0704. The second-order valence-corrected chi connectivity index (χ2v) is 3.29. The van der Waals surface area contributed by atoms with Crippen LogP contribution in [0.1, 0.15) is 38.1 Å². The van der Waals surface area contributed by atoms with Gasteiger partial charge in [0.1, 0.15) is 11.9 Å². The average Bonchev–Trinajstić information content (AvgIpc) is 2.70. The van der Waals surface area contributed by atoms with Crippen LogP contribution in [0.2, 0.25) is 0 Å². The van der Waals surface area contributed by atoms with Crippen LogP contribution < -0.4 is 0 Å². The van der Waals surface area contributed by atoms with Gasteiger partial charge >= 0.3 is 0 Å². The summed E-state index contributed by atoms with van der Waals surface area (Å²) < 4.78 is 10.4. The van der Waals surface area contributed by atoms with Crippen molar-refractivity contribution in [2.45, 2.75) is 32.3 Å². The second-order valence-electron chi connectivity index (χ2n) is 3.29. The van der Waals surface area contributed by atoms with Crippen molar-refractivity contribution in [3.63, 3.8) is 0 Å². The van der Waals surface area contributed by atoms with Crippen molar-refractivity contribution in [2.24, 2.45) is 0 Å². The van der Waals surface area contributed by atoms with Crippen molar-refractivity contribution < 1.29 is 14.3 Å². The zero-order valence-corrected chi connectivity index (χ0v) is 8.61. The fourth-order valence-electron chi connectivity index (χ4n) is 1.17. The molecule has 1 N–H and O–H groups in total. The molecule has 1 heterocycles. The number of aliphatic hydroxyl groups excluding tert-OH is 1. The predicted octanol–water partition coefficient (Wildman–Crippen LogP) is 2.52. The van der Waals surface area contributed by atoms with Crippen molar-refractivity contribution >= 4 is 0 Å². The topological polar surface area (TPSA) is 42.6 Å². The van der Waals surface area contributed by atoms with Crippen molar-refractivity contribution in [3.8, 4) is 0 Å². The van der Waals surface area contributed by atoms with Gasteiger partial charge < -0.3 is 14.3 Å². The summed E-state index contributed by atoms with van der Waals surface area (Å²) in [5, 5.41) is 9.59. The Morgan fingerprint density at radius 2 is 2.36 bits per heavy atom. The Balaban J connectivity index is 2.07. The Morgan fingerprint density at radius 1 is 1.50 bits per heavy atom. The van der Waals surface area contributed by atoms with Crippen LogP contribution in [0, 0.1) is 0 Å². The zero-order chi connectivity index (χ0) is 10.2. The lowest BCUT2D eigenvalue weighted by atomic mass is 10.2. The number of hydrogen-bond donors (Lipinski definition) is 1. The number of rotatable bonds is 7. The molecule has 1 aromatic heterocycles. The molecule has 1 aromatic rings. The van der Waals surface area contributed by atoms with Gasteiger partial charge in [0.15, 0.2) is 0 Å². The molecular formula is C11H18O3.